The molecule has 2 atom stereocenters. The Labute approximate surface area is 518 Å². The topological polar surface area (TPSA) is 95.9 Å². The number of rotatable bonds is 69. The Kier molecular flexibility index (Phi) is 69.9. The van der Waals surface area contributed by atoms with E-state index in [1.54, 1.807) is 6.08 Å². The number of nitrogens with one attached hydrogen (secondary N) is 1. The van der Waals surface area contributed by atoms with E-state index in [-0.39, 0.29) is 18.5 Å². The highest BCUT2D eigenvalue weighted by Crippen LogP contribution is 2.18. The lowest BCUT2D eigenvalue weighted by atomic mass is 10.0. The minimum Gasteiger partial charge on any atom is -0.466 e. The maximum Gasteiger partial charge on any atom is 0.305 e. The van der Waals surface area contributed by atoms with Crippen molar-refractivity contribution in [2.75, 3.05) is 13.2 Å². The normalized spacial score (nSPS) is 12.9. The molecule has 0 aromatic rings. The van der Waals surface area contributed by atoms with Crippen LogP contribution in [-0.2, 0) is 14.3 Å². The Hall–Kier alpha value is -2.44. The molecule has 0 spiro atoms. The van der Waals surface area contributed by atoms with Crippen molar-refractivity contribution in [3.8, 4) is 0 Å². The smallest absolute Gasteiger partial charge is 0.305 e. The number of carbonyl (C=O) groups excluding carboxylic acids is 2. The van der Waals surface area contributed by atoms with Crippen molar-refractivity contribution < 1.29 is 24.5 Å². The van der Waals surface area contributed by atoms with Gasteiger partial charge in [0, 0.05) is 12.8 Å². The Morgan fingerprint density at radius 3 is 0.928 bits per heavy atom. The van der Waals surface area contributed by atoms with Gasteiger partial charge in [-0.3, -0.25) is 9.59 Å². The molecule has 0 aromatic heterocycles. The van der Waals surface area contributed by atoms with Crippen molar-refractivity contribution >= 4 is 11.9 Å². The number of hydrogen-bond donors (Lipinski definition) is 3. The summed E-state index contributed by atoms with van der Waals surface area (Å²) in [7, 11) is 0. The molecule has 486 valence electrons. The lowest BCUT2D eigenvalue weighted by Crippen LogP contribution is -2.45. The average molecular weight is 1160 g/mol. The van der Waals surface area contributed by atoms with Gasteiger partial charge in [-0.2, -0.15) is 0 Å². The van der Waals surface area contributed by atoms with Crippen LogP contribution >= 0.6 is 0 Å². The predicted molar refractivity (Wildman–Crippen MR) is 365 cm³/mol. The zero-order chi connectivity index (χ0) is 59.9. The molecule has 1 amide bonds. The standard InChI is InChI=1S/C77H143NO5/c1-3-5-7-9-11-13-15-17-19-21-22-32-35-38-41-45-49-53-57-61-65-69-75(80)74(73-79)78-76(81)70-66-62-58-54-50-46-42-39-36-33-30-28-26-24-23-25-27-29-31-34-37-40-44-48-52-56-60-64-68-72-83-77(82)71-67-63-59-55-51-47-43-20-18-16-14-12-10-8-6-4-2/h14,16,20,23,25,29,31,43,65,69,74-75,79-80H,3-13,15,17-19,21-22,24,26-28,30,32-42,44-64,66-68,70-73H2,1-2H3,(H,78,81)/b16-14-,25-23-,31-29-,43-20-,69-65+. The van der Waals surface area contributed by atoms with Gasteiger partial charge in [-0.05, 0) is 96.3 Å². The molecule has 2 unspecified atom stereocenters. The van der Waals surface area contributed by atoms with Crippen LogP contribution in [0, 0.1) is 0 Å². The van der Waals surface area contributed by atoms with Gasteiger partial charge in [-0.1, -0.05) is 344 Å². The zero-order valence-corrected chi connectivity index (χ0v) is 55.7. The molecule has 0 saturated heterocycles. The second kappa shape index (κ2) is 72.0. The lowest BCUT2D eigenvalue weighted by molar-refractivity contribution is -0.143. The number of aliphatic hydroxyl groups is 2. The van der Waals surface area contributed by atoms with Gasteiger partial charge in [0.25, 0.3) is 0 Å². The van der Waals surface area contributed by atoms with Crippen LogP contribution in [-0.4, -0.2) is 47.4 Å². The molecular formula is C77H143NO5. The quantitative estimate of drug-likeness (QED) is 0.0320. The van der Waals surface area contributed by atoms with Crippen molar-refractivity contribution in [3.05, 3.63) is 60.8 Å². The molecule has 6 heteroatoms. The van der Waals surface area contributed by atoms with Crippen LogP contribution in [0.15, 0.2) is 60.8 Å². The highest BCUT2D eigenvalue weighted by atomic mass is 16.5. The summed E-state index contributed by atoms with van der Waals surface area (Å²) < 4.78 is 5.49. The van der Waals surface area contributed by atoms with Crippen LogP contribution in [0.2, 0.25) is 0 Å². The molecule has 0 radical (unpaired) electrons. The molecule has 0 aliphatic carbocycles. The Morgan fingerprint density at radius 2 is 0.602 bits per heavy atom. The number of allylic oxidation sites excluding steroid dienone is 9. The average Bonchev–Trinajstić information content (AvgIpc) is 3.48. The summed E-state index contributed by atoms with van der Waals surface area (Å²) in [5.41, 5.74) is 0. The van der Waals surface area contributed by atoms with Crippen molar-refractivity contribution in [1.82, 2.24) is 5.32 Å². The van der Waals surface area contributed by atoms with Crippen LogP contribution in [0.4, 0.5) is 0 Å². The number of carbonyl (C=O) groups is 2. The fourth-order valence-corrected chi connectivity index (χ4v) is 11.3. The number of aliphatic hydroxyl groups excluding tert-OH is 2. The third-order valence-electron chi connectivity index (χ3n) is 17.0. The highest BCUT2D eigenvalue weighted by Gasteiger charge is 2.18. The Balaban J connectivity index is 3.44. The van der Waals surface area contributed by atoms with Gasteiger partial charge in [0.1, 0.15) is 0 Å². The highest BCUT2D eigenvalue weighted by molar-refractivity contribution is 5.76. The SMILES string of the molecule is CCCCCC/C=C\C/C=C\CCCCCCCC(=O)OCCCCCCCCCCC/C=C\C/C=C\CCCCCCCCCCCCCCCC(=O)NC(CO)C(O)/C=C/CCCCCCCCCCCCCCCCCCCCC. The van der Waals surface area contributed by atoms with E-state index in [4.69, 9.17) is 4.74 Å². The van der Waals surface area contributed by atoms with E-state index in [9.17, 15) is 19.8 Å². The van der Waals surface area contributed by atoms with Crippen LogP contribution in [0.1, 0.15) is 393 Å². The third kappa shape index (κ3) is 68.5. The molecule has 0 bridgehead atoms. The molecule has 0 saturated carbocycles. The van der Waals surface area contributed by atoms with Crippen molar-refractivity contribution in [2.45, 2.75) is 405 Å². The fourth-order valence-electron chi connectivity index (χ4n) is 11.3. The lowest BCUT2D eigenvalue weighted by Gasteiger charge is -2.20. The van der Waals surface area contributed by atoms with Crippen LogP contribution in [0.5, 0.6) is 0 Å². The summed E-state index contributed by atoms with van der Waals surface area (Å²) in [6.07, 6.45) is 95.9. The number of amides is 1. The maximum atomic E-state index is 12.5. The number of hydrogen-bond acceptors (Lipinski definition) is 5. The first-order chi connectivity index (χ1) is 41.0. The minimum absolute atomic E-state index is 0.00178. The third-order valence-corrected chi connectivity index (χ3v) is 17.0. The first-order valence-corrected chi connectivity index (χ1v) is 37.1. The molecule has 6 nitrogen and oxygen atoms in total. The first-order valence-electron chi connectivity index (χ1n) is 37.1. The number of ether oxygens (including phenoxy) is 1. The monoisotopic (exact) mass is 1160 g/mol. The second-order valence-corrected chi connectivity index (χ2v) is 25.3. The number of esters is 1. The van der Waals surface area contributed by atoms with Gasteiger partial charge < -0.3 is 20.3 Å². The van der Waals surface area contributed by atoms with E-state index in [0.29, 0.717) is 19.4 Å². The van der Waals surface area contributed by atoms with Crippen molar-refractivity contribution in [3.63, 3.8) is 0 Å². The summed E-state index contributed by atoms with van der Waals surface area (Å²) in [6, 6.07) is -0.631. The van der Waals surface area contributed by atoms with Gasteiger partial charge in [0.15, 0.2) is 0 Å². The van der Waals surface area contributed by atoms with E-state index in [1.807, 2.05) is 6.08 Å². The molecule has 3 N–H and O–H groups in total. The van der Waals surface area contributed by atoms with E-state index in [2.05, 4.69) is 67.8 Å². The van der Waals surface area contributed by atoms with Gasteiger partial charge in [-0.15, -0.1) is 0 Å². The van der Waals surface area contributed by atoms with E-state index in [1.165, 1.54) is 308 Å². The maximum absolute atomic E-state index is 12.5. The second-order valence-electron chi connectivity index (χ2n) is 25.3. The van der Waals surface area contributed by atoms with Gasteiger partial charge in [0.2, 0.25) is 5.91 Å². The molecule has 0 heterocycles. The van der Waals surface area contributed by atoms with Crippen LogP contribution in [0.25, 0.3) is 0 Å². The van der Waals surface area contributed by atoms with Gasteiger partial charge in [0.05, 0.1) is 25.4 Å². The summed E-state index contributed by atoms with van der Waals surface area (Å²) in [5.74, 6) is -0.0678. The molecule has 0 fully saturated rings. The fraction of sp³-hybridized carbons (Fsp3) is 0.844. The van der Waals surface area contributed by atoms with Crippen LogP contribution in [0.3, 0.4) is 0 Å². The molecule has 0 rings (SSSR count). The van der Waals surface area contributed by atoms with E-state index < -0.39 is 12.1 Å². The first kappa shape index (κ1) is 80.6. The predicted octanol–water partition coefficient (Wildman–Crippen LogP) is 24.2. The summed E-state index contributed by atoms with van der Waals surface area (Å²) in [6.45, 7) is 4.91. The molecule has 0 aromatic carbocycles. The molecular weight excluding hydrogens is 1020 g/mol. The largest absolute Gasteiger partial charge is 0.466 e. The minimum atomic E-state index is -0.848. The van der Waals surface area contributed by atoms with Gasteiger partial charge in [-0.25, -0.2) is 0 Å². The van der Waals surface area contributed by atoms with Crippen LogP contribution < -0.4 is 5.32 Å². The molecule has 0 aliphatic heterocycles. The Bertz CT molecular complexity index is 1430. The van der Waals surface area contributed by atoms with Gasteiger partial charge >= 0.3 is 5.97 Å². The summed E-state index contributed by atoms with van der Waals surface area (Å²) >= 11 is 0. The summed E-state index contributed by atoms with van der Waals surface area (Å²) in [5, 5.41) is 23.3. The number of unbranched alkanes of at least 4 members (excludes halogenated alkanes) is 50. The van der Waals surface area contributed by atoms with E-state index >= 15 is 0 Å². The van der Waals surface area contributed by atoms with E-state index in [0.717, 1.165) is 57.8 Å². The molecule has 0 aliphatic rings. The van der Waals surface area contributed by atoms with Crippen molar-refractivity contribution in [1.29, 1.82) is 0 Å². The summed E-state index contributed by atoms with van der Waals surface area (Å²) in [4.78, 5) is 24.6. The van der Waals surface area contributed by atoms with Crippen molar-refractivity contribution in [2.24, 2.45) is 0 Å². The zero-order valence-electron chi connectivity index (χ0n) is 55.7. The molecule has 83 heavy (non-hydrogen) atoms. The Morgan fingerprint density at radius 1 is 0.337 bits per heavy atom.